The quantitative estimate of drug-likeness (QED) is 0.715. The van der Waals surface area contributed by atoms with Crippen LogP contribution < -0.4 is 5.32 Å². The summed E-state index contributed by atoms with van der Waals surface area (Å²) in [5.41, 5.74) is 9.66. The highest BCUT2D eigenvalue weighted by Crippen LogP contribution is 2.32. The molecule has 118 valence electrons. The van der Waals surface area contributed by atoms with E-state index in [-0.39, 0.29) is 0 Å². The second-order valence-electron chi connectivity index (χ2n) is 6.95. The Morgan fingerprint density at radius 2 is 1.87 bits per heavy atom. The molecule has 0 radical (unpaired) electrons. The number of rotatable bonds is 2. The first-order chi connectivity index (χ1) is 11.1. The van der Waals surface area contributed by atoms with E-state index in [9.17, 15) is 0 Å². The van der Waals surface area contributed by atoms with E-state index >= 15 is 0 Å². The average molecular weight is 304 g/mol. The van der Waals surface area contributed by atoms with Gasteiger partial charge in [0, 0.05) is 16.6 Å². The molecule has 0 spiro atoms. The Hall–Kier alpha value is -2.06. The maximum absolute atomic E-state index is 3.70. The summed E-state index contributed by atoms with van der Waals surface area (Å²) in [4.78, 5) is 3.68. The van der Waals surface area contributed by atoms with Crippen LogP contribution in [0.5, 0.6) is 0 Å². The summed E-state index contributed by atoms with van der Waals surface area (Å²) in [6.45, 7) is 7.61. The number of aromatic nitrogens is 1. The zero-order chi connectivity index (χ0) is 16.0. The van der Waals surface area contributed by atoms with Crippen molar-refractivity contribution in [3.05, 3.63) is 69.9 Å². The molecule has 2 aromatic carbocycles. The molecule has 4 rings (SSSR count). The molecule has 0 fully saturated rings. The number of aryl methyl sites for hydroxylation is 3. The highest BCUT2D eigenvalue weighted by molar-refractivity contribution is 5.85. The van der Waals surface area contributed by atoms with Crippen molar-refractivity contribution in [2.45, 2.75) is 39.7 Å². The molecule has 2 N–H and O–H groups in total. The van der Waals surface area contributed by atoms with Crippen LogP contribution in [0.3, 0.4) is 0 Å². The SMILES string of the molecule is Cc1ccc2[nH]c3c(c2c1)CCN[C@@H]3Cc1ccc(C)c(C)c1. The van der Waals surface area contributed by atoms with Gasteiger partial charge in [-0.2, -0.15) is 0 Å². The molecule has 0 unspecified atom stereocenters. The van der Waals surface area contributed by atoms with E-state index in [1.54, 1.807) is 0 Å². The van der Waals surface area contributed by atoms with Crippen molar-refractivity contribution in [2.24, 2.45) is 0 Å². The van der Waals surface area contributed by atoms with Crippen LogP contribution in [0, 0.1) is 20.8 Å². The van der Waals surface area contributed by atoms with Crippen molar-refractivity contribution >= 4 is 10.9 Å². The molecule has 0 saturated heterocycles. The number of benzene rings is 2. The smallest absolute Gasteiger partial charge is 0.0517 e. The van der Waals surface area contributed by atoms with Crippen LogP contribution in [0.2, 0.25) is 0 Å². The van der Waals surface area contributed by atoms with Gasteiger partial charge in [0.05, 0.1) is 6.04 Å². The van der Waals surface area contributed by atoms with Crippen molar-refractivity contribution < 1.29 is 0 Å². The Balaban J connectivity index is 1.72. The molecule has 2 nitrogen and oxygen atoms in total. The number of hydrogen-bond donors (Lipinski definition) is 2. The minimum absolute atomic E-state index is 0.383. The molecule has 1 aliphatic heterocycles. The second kappa shape index (κ2) is 5.54. The standard InChI is InChI=1S/C21H24N2/c1-13-4-7-19-18(10-13)17-8-9-22-20(21(17)23-19)12-16-6-5-14(2)15(3)11-16/h4-7,10-11,20,22-23H,8-9,12H2,1-3H3/t20-/m1/s1. The fourth-order valence-corrected chi connectivity index (χ4v) is 3.76. The van der Waals surface area contributed by atoms with Crippen molar-refractivity contribution in [3.8, 4) is 0 Å². The highest BCUT2D eigenvalue weighted by Gasteiger charge is 2.24. The molecule has 2 heterocycles. The van der Waals surface area contributed by atoms with E-state index in [2.05, 4.69) is 67.5 Å². The monoisotopic (exact) mass is 304 g/mol. The highest BCUT2D eigenvalue weighted by atomic mass is 15.0. The molecule has 23 heavy (non-hydrogen) atoms. The summed E-state index contributed by atoms with van der Waals surface area (Å²) in [6.07, 6.45) is 2.15. The lowest BCUT2D eigenvalue weighted by Gasteiger charge is -2.24. The first-order valence-electron chi connectivity index (χ1n) is 8.52. The van der Waals surface area contributed by atoms with Crippen molar-refractivity contribution in [1.29, 1.82) is 0 Å². The Labute approximate surface area is 137 Å². The number of H-pyrrole nitrogens is 1. The number of fused-ring (bicyclic) bond motifs is 3. The van der Waals surface area contributed by atoms with Crippen LogP contribution in [0.1, 0.15) is 39.6 Å². The van der Waals surface area contributed by atoms with Gasteiger partial charge in [0.25, 0.3) is 0 Å². The molecular weight excluding hydrogens is 280 g/mol. The van der Waals surface area contributed by atoms with Gasteiger partial charge in [-0.05, 0) is 74.5 Å². The number of aromatic amines is 1. The summed E-state index contributed by atoms with van der Waals surface area (Å²) in [7, 11) is 0. The molecule has 3 aromatic rings. The average Bonchev–Trinajstić information content (AvgIpc) is 2.90. The predicted molar refractivity (Wildman–Crippen MR) is 97.1 cm³/mol. The van der Waals surface area contributed by atoms with E-state index in [1.165, 1.54) is 44.4 Å². The van der Waals surface area contributed by atoms with Gasteiger partial charge in [-0.1, -0.05) is 29.8 Å². The number of hydrogen-bond acceptors (Lipinski definition) is 1. The van der Waals surface area contributed by atoms with Crippen molar-refractivity contribution in [2.75, 3.05) is 6.54 Å². The van der Waals surface area contributed by atoms with E-state index in [1.807, 2.05) is 0 Å². The molecule has 2 heteroatoms. The van der Waals surface area contributed by atoms with Gasteiger partial charge in [0.2, 0.25) is 0 Å². The summed E-state index contributed by atoms with van der Waals surface area (Å²) in [6, 6.07) is 14.0. The van der Waals surface area contributed by atoms with Crippen LogP contribution in [0.15, 0.2) is 36.4 Å². The maximum Gasteiger partial charge on any atom is 0.0517 e. The first kappa shape index (κ1) is 14.5. The van der Waals surface area contributed by atoms with Gasteiger partial charge in [-0.25, -0.2) is 0 Å². The zero-order valence-electron chi connectivity index (χ0n) is 14.2. The van der Waals surface area contributed by atoms with Gasteiger partial charge in [-0.3, -0.25) is 0 Å². The van der Waals surface area contributed by atoms with Crippen LogP contribution in [-0.2, 0) is 12.8 Å². The fraction of sp³-hybridized carbons (Fsp3) is 0.333. The molecule has 0 bridgehead atoms. The minimum atomic E-state index is 0.383. The molecule has 1 aliphatic rings. The zero-order valence-corrected chi connectivity index (χ0v) is 14.2. The van der Waals surface area contributed by atoms with E-state index in [0.29, 0.717) is 6.04 Å². The Morgan fingerprint density at radius 3 is 2.70 bits per heavy atom. The minimum Gasteiger partial charge on any atom is -0.357 e. The molecule has 0 amide bonds. The maximum atomic E-state index is 3.70. The lowest BCUT2D eigenvalue weighted by atomic mass is 9.93. The van der Waals surface area contributed by atoms with Crippen LogP contribution in [0.25, 0.3) is 10.9 Å². The van der Waals surface area contributed by atoms with Crippen molar-refractivity contribution in [3.63, 3.8) is 0 Å². The lowest BCUT2D eigenvalue weighted by Crippen LogP contribution is -2.31. The molecule has 1 aromatic heterocycles. The summed E-state index contributed by atoms with van der Waals surface area (Å²) < 4.78 is 0. The normalized spacial score (nSPS) is 17.4. The van der Waals surface area contributed by atoms with Gasteiger partial charge in [-0.15, -0.1) is 0 Å². The van der Waals surface area contributed by atoms with E-state index in [4.69, 9.17) is 0 Å². The molecular formula is C21H24N2. The van der Waals surface area contributed by atoms with Gasteiger partial charge >= 0.3 is 0 Å². The summed E-state index contributed by atoms with van der Waals surface area (Å²) in [5, 5.41) is 5.11. The third-order valence-corrected chi connectivity index (χ3v) is 5.22. The Bertz CT molecular complexity index is 873. The Morgan fingerprint density at radius 1 is 1.00 bits per heavy atom. The molecule has 0 saturated carbocycles. The first-order valence-corrected chi connectivity index (χ1v) is 8.52. The summed E-state index contributed by atoms with van der Waals surface area (Å²) in [5.74, 6) is 0. The molecule has 1 atom stereocenters. The lowest BCUT2D eigenvalue weighted by molar-refractivity contribution is 0.495. The largest absolute Gasteiger partial charge is 0.357 e. The van der Waals surface area contributed by atoms with E-state index < -0.39 is 0 Å². The van der Waals surface area contributed by atoms with Crippen LogP contribution in [0.4, 0.5) is 0 Å². The van der Waals surface area contributed by atoms with Crippen molar-refractivity contribution in [1.82, 2.24) is 10.3 Å². The summed E-state index contributed by atoms with van der Waals surface area (Å²) >= 11 is 0. The number of nitrogens with one attached hydrogen (secondary N) is 2. The van der Waals surface area contributed by atoms with Crippen LogP contribution >= 0.6 is 0 Å². The van der Waals surface area contributed by atoms with Gasteiger partial charge in [0.1, 0.15) is 0 Å². The third-order valence-electron chi connectivity index (χ3n) is 5.22. The second-order valence-corrected chi connectivity index (χ2v) is 6.95. The topological polar surface area (TPSA) is 27.8 Å². The third kappa shape index (κ3) is 2.57. The van der Waals surface area contributed by atoms with Gasteiger partial charge in [0.15, 0.2) is 0 Å². The predicted octanol–water partition coefficient (Wildman–Crippen LogP) is 4.52. The molecule has 0 aliphatic carbocycles. The Kier molecular flexibility index (Phi) is 3.50. The fourth-order valence-electron chi connectivity index (χ4n) is 3.76. The van der Waals surface area contributed by atoms with E-state index in [0.717, 1.165) is 19.4 Å². The van der Waals surface area contributed by atoms with Crippen LogP contribution in [-0.4, -0.2) is 11.5 Å². The van der Waals surface area contributed by atoms with Gasteiger partial charge < -0.3 is 10.3 Å².